The Hall–Kier alpha value is -6.47. The van der Waals surface area contributed by atoms with Gasteiger partial charge in [-0.1, -0.05) is 12.1 Å². The lowest BCUT2D eigenvalue weighted by Crippen LogP contribution is -2.54. The number of nitrogens with zero attached hydrogens (tertiary/aromatic N) is 3. The Labute approximate surface area is 364 Å². The van der Waals surface area contributed by atoms with E-state index in [-0.39, 0.29) is 87.7 Å². The van der Waals surface area contributed by atoms with E-state index in [0.29, 0.717) is 63.4 Å². The minimum atomic E-state index is -4.83. The Morgan fingerprint density at radius 2 is 1.61 bits per heavy atom. The van der Waals surface area contributed by atoms with Crippen molar-refractivity contribution in [3.05, 3.63) is 88.4 Å². The summed E-state index contributed by atoms with van der Waals surface area (Å²) in [6, 6.07) is 9.36. The molecule has 9 rings (SSSR count). The number of rotatable bonds is 13. The maximum atomic E-state index is 15.7. The highest BCUT2D eigenvalue weighted by Gasteiger charge is 2.46. The molecule has 4 aliphatic heterocycles. The second-order valence-corrected chi connectivity index (χ2v) is 16.9. The van der Waals surface area contributed by atoms with Gasteiger partial charge in [-0.15, -0.1) is 0 Å². The van der Waals surface area contributed by atoms with Gasteiger partial charge in [0.15, 0.2) is 0 Å². The highest BCUT2D eigenvalue weighted by molar-refractivity contribution is 6.25. The van der Waals surface area contributed by atoms with E-state index >= 15 is 4.39 Å². The quantitative estimate of drug-likeness (QED) is 0.0632. The predicted molar refractivity (Wildman–Crippen MR) is 226 cm³/mol. The Morgan fingerprint density at radius 1 is 0.828 bits per heavy atom. The van der Waals surface area contributed by atoms with Gasteiger partial charge in [0, 0.05) is 68.5 Å². The topological polar surface area (TPSA) is 194 Å². The summed E-state index contributed by atoms with van der Waals surface area (Å²) < 4.78 is 59.3. The monoisotopic (exact) mass is 883 g/mol. The molecule has 1 atom stereocenters. The number of carbonyl (C=O) groups excluding carboxylic acids is 6. The number of pyridine rings is 1. The first-order chi connectivity index (χ1) is 30.7. The van der Waals surface area contributed by atoms with Crippen LogP contribution < -0.4 is 31.9 Å². The lowest BCUT2D eigenvalue weighted by molar-refractivity contribution is -0.137. The number of nitrogens with one attached hydrogen (secondary N) is 6. The lowest BCUT2D eigenvalue weighted by atomic mass is 9.94. The Morgan fingerprint density at radius 3 is 2.30 bits per heavy atom. The molecule has 4 aromatic rings. The molecule has 0 spiro atoms. The summed E-state index contributed by atoms with van der Waals surface area (Å²) >= 11 is 0. The number of anilines is 2. The van der Waals surface area contributed by atoms with Gasteiger partial charge in [-0.3, -0.25) is 44.0 Å². The number of benzene rings is 3. The molecule has 15 nitrogen and oxygen atoms in total. The van der Waals surface area contributed by atoms with Crippen LogP contribution in [0.2, 0.25) is 0 Å². The third-order valence-electron chi connectivity index (χ3n) is 12.5. The molecule has 334 valence electrons. The number of likely N-dealkylation sites (tertiary alicyclic amines) is 1. The van der Waals surface area contributed by atoms with Crippen molar-refractivity contribution in [2.75, 3.05) is 49.9 Å². The maximum absolute atomic E-state index is 15.7. The number of fused-ring (bicyclic) bond motifs is 2. The molecule has 0 bridgehead atoms. The zero-order valence-electron chi connectivity index (χ0n) is 34.5. The molecular formula is C45H45F4N9O6. The fraction of sp³-hybridized carbons (Fsp3) is 0.400. The van der Waals surface area contributed by atoms with Gasteiger partial charge in [0.25, 0.3) is 23.6 Å². The van der Waals surface area contributed by atoms with E-state index < -0.39 is 53.1 Å². The molecule has 4 fully saturated rings. The average molecular weight is 884 g/mol. The van der Waals surface area contributed by atoms with Crippen LogP contribution in [0.25, 0.3) is 22.0 Å². The van der Waals surface area contributed by atoms with E-state index in [0.717, 1.165) is 35.9 Å². The fourth-order valence-corrected chi connectivity index (χ4v) is 8.75. The summed E-state index contributed by atoms with van der Waals surface area (Å²) in [7, 11) is 0. The number of aromatic nitrogens is 1. The van der Waals surface area contributed by atoms with Crippen molar-refractivity contribution < 1.29 is 46.3 Å². The van der Waals surface area contributed by atoms with Gasteiger partial charge in [0.1, 0.15) is 11.9 Å². The number of piperidine rings is 2. The standard InChI is InChI=1S/C45H45F4N9O6/c46-33-17-23(29-18-30-35(19-32(29)45(47,48)49)52-22-31(41(61)55-24-6-7-24)39(30)54-26-20-50-21-26)5-8-27(33)40(60)51-13-2-14-57-15-11-25(12-16-57)53-34-4-1-3-28-38(34)44(64)58(43(28)63)36-9-10-37(59)56-42(36)62/h1,3-5,8,17-19,22,24-26,36,50,53H,2,6-7,9-16,20-21H2,(H,51,60)(H,52,54)(H,55,61)(H,56,59,62). The highest BCUT2D eigenvalue weighted by atomic mass is 19.4. The minimum Gasteiger partial charge on any atom is -0.382 e. The van der Waals surface area contributed by atoms with Gasteiger partial charge >= 0.3 is 6.18 Å². The molecule has 5 aliphatic rings. The van der Waals surface area contributed by atoms with Crippen LogP contribution in [-0.2, 0) is 15.8 Å². The normalized spacial score (nSPS) is 19.6. The number of hydrogen-bond donors (Lipinski definition) is 6. The largest absolute Gasteiger partial charge is 0.417 e. The molecule has 0 radical (unpaired) electrons. The van der Waals surface area contributed by atoms with Crippen LogP contribution in [0, 0.1) is 5.82 Å². The molecule has 6 N–H and O–H groups in total. The van der Waals surface area contributed by atoms with Crippen LogP contribution >= 0.6 is 0 Å². The lowest BCUT2D eigenvalue weighted by Gasteiger charge is -2.33. The van der Waals surface area contributed by atoms with Crippen molar-refractivity contribution in [3.63, 3.8) is 0 Å². The van der Waals surface area contributed by atoms with Gasteiger partial charge in [0.2, 0.25) is 11.8 Å². The first-order valence-corrected chi connectivity index (χ1v) is 21.5. The molecular weight excluding hydrogens is 839 g/mol. The van der Waals surface area contributed by atoms with Crippen molar-refractivity contribution in [2.45, 2.75) is 75.3 Å². The first kappa shape index (κ1) is 42.8. The average Bonchev–Trinajstić information content (AvgIpc) is 4.03. The molecule has 19 heteroatoms. The summed E-state index contributed by atoms with van der Waals surface area (Å²) in [5.74, 6) is -4.37. The maximum Gasteiger partial charge on any atom is 0.417 e. The van der Waals surface area contributed by atoms with Crippen molar-refractivity contribution in [2.24, 2.45) is 0 Å². The summed E-state index contributed by atoms with van der Waals surface area (Å²) in [5, 5.41) is 17.9. The number of alkyl halides is 3. The van der Waals surface area contributed by atoms with E-state index in [2.05, 4.69) is 41.8 Å². The van der Waals surface area contributed by atoms with Crippen LogP contribution in [0.3, 0.4) is 0 Å². The molecule has 64 heavy (non-hydrogen) atoms. The van der Waals surface area contributed by atoms with Crippen LogP contribution in [0.5, 0.6) is 0 Å². The van der Waals surface area contributed by atoms with Gasteiger partial charge < -0.3 is 31.5 Å². The SMILES string of the molecule is O=C1CCC(N2C(=O)c3cccc(NC4CCN(CCCNC(=O)c5ccc(-c6cc7c(NC8CNC8)c(C(=O)NC8CC8)cnc7cc6C(F)(F)F)cc5F)CC4)c3C2=O)C(=O)N1. The smallest absolute Gasteiger partial charge is 0.382 e. The number of hydrogen-bond acceptors (Lipinski definition) is 11. The Bertz CT molecular complexity index is 2590. The molecule has 5 heterocycles. The van der Waals surface area contributed by atoms with Crippen LogP contribution in [-0.4, -0.2) is 114 Å². The first-order valence-electron chi connectivity index (χ1n) is 21.5. The summed E-state index contributed by atoms with van der Waals surface area (Å²) in [4.78, 5) is 84.6. The van der Waals surface area contributed by atoms with E-state index in [4.69, 9.17) is 0 Å². The Kier molecular flexibility index (Phi) is 11.5. The molecule has 3 saturated heterocycles. The molecule has 1 unspecified atom stereocenters. The fourth-order valence-electron chi connectivity index (χ4n) is 8.75. The van der Waals surface area contributed by atoms with Crippen LogP contribution in [0.4, 0.5) is 28.9 Å². The minimum absolute atomic E-state index is 0.0134. The number of carbonyl (C=O) groups is 6. The number of imide groups is 2. The summed E-state index contributed by atoms with van der Waals surface area (Å²) in [6.07, 6.45) is 0.182. The number of amides is 6. The van der Waals surface area contributed by atoms with Crippen LogP contribution in [0.1, 0.15) is 91.9 Å². The second kappa shape index (κ2) is 17.2. The zero-order valence-corrected chi connectivity index (χ0v) is 34.5. The third kappa shape index (κ3) is 8.60. The van der Waals surface area contributed by atoms with E-state index in [9.17, 15) is 41.9 Å². The Balaban J connectivity index is 0.810. The molecule has 1 aliphatic carbocycles. The summed E-state index contributed by atoms with van der Waals surface area (Å²) in [5.41, 5.74) is -0.338. The van der Waals surface area contributed by atoms with Crippen LogP contribution in [0.15, 0.2) is 54.7 Å². The number of halogens is 4. The van der Waals surface area contributed by atoms with Gasteiger partial charge in [0.05, 0.1) is 45.1 Å². The molecule has 1 aromatic heterocycles. The molecule has 1 saturated carbocycles. The molecule has 3 aromatic carbocycles. The zero-order chi connectivity index (χ0) is 44.9. The second-order valence-electron chi connectivity index (χ2n) is 16.9. The van der Waals surface area contributed by atoms with E-state index in [1.54, 1.807) is 18.2 Å². The van der Waals surface area contributed by atoms with Gasteiger partial charge in [-0.2, -0.15) is 13.2 Å². The van der Waals surface area contributed by atoms with Crippen molar-refractivity contribution >= 4 is 57.7 Å². The van der Waals surface area contributed by atoms with Crippen molar-refractivity contribution in [1.29, 1.82) is 0 Å². The summed E-state index contributed by atoms with van der Waals surface area (Å²) in [6.45, 7) is 3.42. The van der Waals surface area contributed by atoms with Gasteiger partial charge in [-0.05, 0) is 92.6 Å². The molecule has 6 amide bonds. The third-order valence-corrected chi connectivity index (χ3v) is 12.5. The van der Waals surface area contributed by atoms with E-state index in [1.165, 1.54) is 18.3 Å². The van der Waals surface area contributed by atoms with Gasteiger partial charge in [-0.25, -0.2) is 4.39 Å². The highest BCUT2D eigenvalue weighted by Crippen LogP contribution is 2.42. The van der Waals surface area contributed by atoms with Crippen molar-refractivity contribution in [1.82, 2.24) is 36.1 Å². The van der Waals surface area contributed by atoms with Crippen molar-refractivity contribution in [3.8, 4) is 11.1 Å². The van der Waals surface area contributed by atoms with E-state index in [1.807, 2.05) is 0 Å². The predicted octanol–water partition coefficient (Wildman–Crippen LogP) is 4.43.